The predicted molar refractivity (Wildman–Crippen MR) is 53.6 cm³/mol. The highest BCUT2D eigenvalue weighted by atomic mass is 19.4. The molecule has 0 N–H and O–H groups in total. The molecule has 1 aromatic rings. The lowest BCUT2D eigenvalue weighted by Gasteiger charge is -2.16. The van der Waals surface area contributed by atoms with Gasteiger partial charge in [-0.25, -0.2) is 0 Å². The summed E-state index contributed by atoms with van der Waals surface area (Å²) in [5.74, 6) is 0.984. The second-order valence-corrected chi connectivity index (χ2v) is 3.53. The number of hydroxylamine groups is 2. The Morgan fingerprint density at radius 2 is 1.88 bits per heavy atom. The van der Waals surface area contributed by atoms with Crippen LogP contribution in [0.1, 0.15) is 12.5 Å². The zero-order chi connectivity index (χ0) is 12.5. The Balaban J connectivity index is 1.99. The lowest BCUT2D eigenvalue weighted by atomic mass is 10.2. The van der Waals surface area contributed by atoms with Crippen molar-refractivity contribution in [3.63, 3.8) is 0 Å². The molecule has 17 heavy (non-hydrogen) atoms. The highest BCUT2D eigenvalue weighted by molar-refractivity contribution is 5.28. The second kappa shape index (κ2) is 4.29. The van der Waals surface area contributed by atoms with Gasteiger partial charge in [-0.3, -0.25) is 0 Å². The van der Waals surface area contributed by atoms with Crippen molar-refractivity contribution in [1.29, 1.82) is 0 Å². The maximum atomic E-state index is 12.3. The lowest BCUT2D eigenvalue weighted by Crippen LogP contribution is -2.22. The summed E-state index contributed by atoms with van der Waals surface area (Å²) in [4.78, 5) is 10.3. The minimum Gasteiger partial charge on any atom is -0.376 e. The fraction of sp³-hybridized carbons (Fsp3) is 0.273. The molecule has 92 valence electrons. The summed E-state index contributed by atoms with van der Waals surface area (Å²) in [6.07, 6.45) is -2.54. The van der Waals surface area contributed by atoms with E-state index in [0.717, 1.165) is 12.1 Å². The Morgan fingerprint density at radius 1 is 1.24 bits per heavy atom. The van der Waals surface area contributed by atoms with E-state index in [0.29, 0.717) is 18.1 Å². The SMILES string of the molecule is CC1=CCN(Oc2ccc(C(F)(F)F)cc2)O1. The average molecular weight is 245 g/mol. The standard InChI is InChI=1S/C11H10F3NO2/c1-8-6-7-15(16-8)17-10-4-2-9(3-5-10)11(12,13)14/h2-6H,7H2,1H3. The monoisotopic (exact) mass is 245 g/mol. The molecule has 0 aliphatic carbocycles. The van der Waals surface area contributed by atoms with Crippen molar-refractivity contribution in [2.45, 2.75) is 13.1 Å². The third-order valence-corrected chi connectivity index (χ3v) is 2.16. The normalized spacial score (nSPS) is 16.6. The molecule has 0 aromatic heterocycles. The van der Waals surface area contributed by atoms with E-state index in [1.54, 1.807) is 13.0 Å². The van der Waals surface area contributed by atoms with Crippen LogP contribution in [0.3, 0.4) is 0 Å². The molecule has 3 nitrogen and oxygen atoms in total. The van der Waals surface area contributed by atoms with Gasteiger partial charge in [0.15, 0.2) is 5.75 Å². The first-order valence-electron chi connectivity index (χ1n) is 4.92. The van der Waals surface area contributed by atoms with Gasteiger partial charge < -0.3 is 9.68 Å². The molecular formula is C11H10F3NO2. The Bertz CT molecular complexity index is 425. The van der Waals surface area contributed by atoms with Crippen molar-refractivity contribution in [2.75, 3.05) is 6.54 Å². The first-order valence-corrected chi connectivity index (χ1v) is 4.92. The molecule has 1 heterocycles. The maximum Gasteiger partial charge on any atom is 0.416 e. The molecular weight excluding hydrogens is 235 g/mol. The third-order valence-electron chi connectivity index (χ3n) is 2.16. The average Bonchev–Trinajstić information content (AvgIpc) is 2.63. The number of rotatable bonds is 2. The third kappa shape index (κ3) is 2.91. The minimum atomic E-state index is -4.33. The van der Waals surface area contributed by atoms with E-state index >= 15 is 0 Å². The van der Waals surface area contributed by atoms with Gasteiger partial charge in [-0.2, -0.15) is 13.2 Å². The van der Waals surface area contributed by atoms with E-state index in [9.17, 15) is 13.2 Å². The van der Waals surface area contributed by atoms with Gasteiger partial charge in [0.25, 0.3) is 0 Å². The van der Waals surface area contributed by atoms with Gasteiger partial charge in [0.2, 0.25) is 0 Å². The van der Waals surface area contributed by atoms with Gasteiger partial charge >= 0.3 is 6.18 Å². The Labute approximate surface area is 96.0 Å². The largest absolute Gasteiger partial charge is 0.416 e. The van der Waals surface area contributed by atoms with Gasteiger partial charge in [0.1, 0.15) is 5.76 Å². The van der Waals surface area contributed by atoms with E-state index in [4.69, 9.17) is 9.68 Å². The molecule has 0 radical (unpaired) electrons. The van der Waals surface area contributed by atoms with Crippen LogP contribution < -0.4 is 4.84 Å². The lowest BCUT2D eigenvalue weighted by molar-refractivity contribution is -0.274. The Morgan fingerprint density at radius 3 is 2.35 bits per heavy atom. The van der Waals surface area contributed by atoms with E-state index in [2.05, 4.69) is 0 Å². The number of hydrogen-bond acceptors (Lipinski definition) is 3. The van der Waals surface area contributed by atoms with Crippen molar-refractivity contribution in [3.05, 3.63) is 41.7 Å². The van der Waals surface area contributed by atoms with Crippen molar-refractivity contribution >= 4 is 0 Å². The van der Waals surface area contributed by atoms with Crippen molar-refractivity contribution in [1.82, 2.24) is 5.23 Å². The van der Waals surface area contributed by atoms with Crippen LogP contribution >= 0.6 is 0 Å². The van der Waals surface area contributed by atoms with Crippen molar-refractivity contribution < 1.29 is 22.8 Å². The molecule has 0 saturated carbocycles. The molecule has 2 rings (SSSR count). The fourth-order valence-electron chi connectivity index (χ4n) is 1.32. The first-order chi connectivity index (χ1) is 7.95. The number of alkyl halides is 3. The minimum absolute atomic E-state index is 0.293. The summed E-state index contributed by atoms with van der Waals surface area (Å²) in [6.45, 7) is 2.20. The van der Waals surface area contributed by atoms with Crippen LogP contribution in [0.15, 0.2) is 36.1 Å². The van der Waals surface area contributed by atoms with Crippen LogP contribution in [0.5, 0.6) is 5.75 Å². The van der Waals surface area contributed by atoms with E-state index in [1.807, 2.05) is 0 Å². The number of hydrogen-bond donors (Lipinski definition) is 0. The maximum absolute atomic E-state index is 12.3. The molecule has 0 fully saturated rings. The number of benzene rings is 1. The van der Waals surface area contributed by atoms with E-state index < -0.39 is 11.7 Å². The zero-order valence-corrected chi connectivity index (χ0v) is 8.99. The molecule has 0 unspecified atom stereocenters. The van der Waals surface area contributed by atoms with Gasteiger partial charge in [0, 0.05) is 5.23 Å². The number of halogens is 3. The molecule has 0 spiro atoms. The number of nitrogens with zero attached hydrogens (tertiary/aromatic N) is 1. The van der Waals surface area contributed by atoms with Gasteiger partial charge in [0.05, 0.1) is 12.1 Å². The topological polar surface area (TPSA) is 21.7 Å². The zero-order valence-electron chi connectivity index (χ0n) is 8.99. The predicted octanol–water partition coefficient (Wildman–Crippen LogP) is 3.15. The number of allylic oxidation sites excluding steroid dienone is 1. The van der Waals surface area contributed by atoms with Gasteiger partial charge in [-0.05, 0) is 37.3 Å². The quantitative estimate of drug-likeness (QED) is 0.798. The smallest absolute Gasteiger partial charge is 0.376 e. The highest BCUT2D eigenvalue weighted by Crippen LogP contribution is 2.30. The van der Waals surface area contributed by atoms with Crippen LogP contribution in [0, 0.1) is 0 Å². The van der Waals surface area contributed by atoms with E-state index in [1.165, 1.54) is 17.4 Å². The first kappa shape index (κ1) is 11.8. The summed E-state index contributed by atoms with van der Waals surface area (Å²) in [6, 6.07) is 4.43. The molecule has 0 saturated heterocycles. The Hall–Kier alpha value is -1.69. The van der Waals surface area contributed by atoms with Crippen molar-refractivity contribution in [3.8, 4) is 5.75 Å². The summed E-state index contributed by atoms with van der Waals surface area (Å²) in [7, 11) is 0. The summed E-state index contributed by atoms with van der Waals surface area (Å²) in [5.41, 5.74) is -0.707. The van der Waals surface area contributed by atoms with Gasteiger partial charge in [-0.15, -0.1) is 0 Å². The molecule has 0 amide bonds. The van der Waals surface area contributed by atoms with Crippen LogP contribution in [0.2, 0.25) is 0 Å². The molecule has 0 bridgehead atoms. The highest BCUT2D eigenvalue weighted by Gasteiger charge is 2.30. The molecule has 1 aromatic carbocycles. The summed E-state index contributed by atoms with van der Waals surface area (Å²) in [5, 5.41) is 1.19. The van der Waals surface area contributed by atoms with E-state index in [-0.39, 0.29) is 0 Å². The van der Waals surface area contributed by atoms with Crippen LogP contribution in [-0.4, -0.2) is 11.8 Å². The summed E-state index contributed by atoms with van der Waals surface area (Å²) >= 11 is 0. The van der Waals surface area contributed by atoms with Crippen LogP contribution in [0.4, 0.5) is 13.2 Å². The van der Waals surface area contributed by atoms with Crippen molar-refractivity contribution in [2.24, 2.45) is 0 Å². The second-order valence-electron chi connectivity index (χ2n) is 3.53. The van der Waals surface area contributed by atoms with Crippen LogP contribution in [0.25, 0.3) is 0 Å². The molecule has 1 aliphatic heterocycles. The molecule has 0 atom stereocenters. The summed E-state index contributed by atoms with van der Waals surface area (Å²) < 4.78 is 36.9. The van der Waals surface area contributed by atoms with Crippen LogP contribution in [-0.2, 0) is 11.0 Å². The van der Waals surface area contributed by atoms with Gasteiger partial charge in [-0.1, -0.05) is 0 Å². The fourth-order valence-corrected chi connectivity index (χ4v) is 1.32. The molecule has 1 aliphatic rings. The molecule has 6 heteroatoms. The Kier molecular flexibility index (Phi) is 2.97.